The summed E-state index contributed by atoms with van der Waals surface area (Å²) in [5.74, 6) is 1.14. The molecule has 1 atom stereocenters. The van der Waals surface area contributed by atoms with Gasteiger partial charge < -0.3 is 14.6 Å². The number of carbonyl (C=O) groups is 1. The van der Waals surface area contributed by atoms with Crippen molar-refractivity contribution in [2.75, 3.05) is 26.2 Å². The third-order valence-electron chi connectivity index (χ3n) is 5.66. The van der Waals surface area contributed by atoms with Gasteiger partial charge in [-0.15, -0.1) is 0 Å². The Bertz CT molecular complexity index is 963. The molecule has 1 aliphatic rings. The van der Waals surface area contributed by atoms with Gasteiger partial charge in [-0.1, -0.05) is 41.9 Å². The maximum absolute atomic E-state index is 12.8. The van der Waals surface area contributed by atoms with Crippen LogP contribution in [0.5, 0.6) is 5.75 Å². The average Bonchev–Trinajstić information content (AvgIpc) is 3.32. The molecule has 3 aromatic rings. The molecule has 1 fully saturated rings. The molecule has 6 nitrogen and oxygen atoms in total. The molecule has 0 spiro atoms. The number of aromatic nitrogens is 1. The van der Waals surface area contributed by atoms with Crippen molar-refractivity contribution in [2.24, 2.45) is 0 Å². The van der Waals surface area contributed by atoms with Crippen molar-refractivity contribution in [3.8, 4) is 17.1 Å². The van der Waals surface area contributed by atoms with Crippen molar-refractivity contribution in [3.63, 3.8) is 0 Å². The molecule has 2 aromatic carbocycles. The minimum Gasteiger partial charge on any atom is -0.494 e. The fourth-order valence-electron chi connectivity index (χ4n) is 4.04. The molecule has 6 heteroatoms. The van der Waals surface area contributed by atoms with Gasteiger partial charge in [0, 0.05) is 18.2 Å². The third kappa shape index (κ3) is 5.33. The van der Waals surface area contributed by atoms with Gasteiger partial charge in [-0.3, -0.25) is 9.69 Å². The molecule has 1 unspecified atom stereocenters. The zero-order chi connectivity index (χ0) is 21.5. The van der Waals surface area contributed by atoms with Crippen molar-refractivity contribution in [1.29, 1.82) is 0 Å². The number of rotatable bonds is 8. The van der Waals surface area contributed by atoms with Gasteiger partial charge in [-0.05, 0) is 62.7 Å². The van der Waals surface area contributed by atoms with E-state index in [4.69, 9.17) is 9.26 Å². The first-order valence-electron chi connectivity index (χ1n) is 11.0. The standard InChI is InChI=1S/C25H29N3O3/c1-2-30-21-13-11-20(12-14-21)24-17-22(27-31-24)25(29)26-18-23(19-9-5-3-6-10-19)28-15-7-4-8-16-28/h3,5-6,9-14,17,23H,2,4,7-8,15-16,18H2,1H3,(H,26,29). The Morgan fingerprint density at radius 2 is 1.84 bits per heavy atom. The average molecular weight is 420 g/mol. The SMILES string of the molecule is CCOc1ccc(-c2cc(C(=O)NCC(c3ccccc3)N3CCCCC3)no2)cc1. The highest BCUT2D eigenvalue weighted by Crippen LogP contribution is 2.25. The Labute approximate surface area is 183 Å². The molecule has 0 radical (unpaired) electrons. The minimum atomic E-state index is -0.223. The number of amides is 1. The first-order chi connectivity index (χ1) is 15.2. The molecule has 4 rings (SSSR count). The highest BCUT2D eigenvalue weighted by Gasteiger charge is 2.23. The van der Waals surface area contributed by atoms with Crippen LogP contribution in [0.25, 0.3) is 11.3 Å². The van der Waals surface area contributed by atoms with E-state index >= 15 is 0 Å². The highest BCUT2D eigenvalue weighted by atomic mass is 16.5. The van der Waals surface area contributed by atoms with Crippen LogP contribution in [0.4, 0.5) is 0 Å². The van der Waals surface area contributed by atoms with Crippen molar-refractivity contribution < 1.29 is 14.1 Å². The molecule has 2 heterocycles. The lowest BCUT2D eigenvalue weighted by atomic mass is 10.0. The summed E-state index contributed by atoms with van der Waals surface area (Å²) in [4.78, 5) is 15.2. The lowest BCUT2D eigenvalue weighted by molar-refractivity contribution is 0.0915. The van der Waals surface area contributed by atoms with Crippen LogP contribution in [0.2, 0.25) is 0 Å². The van der Waals surface area contributed by atoms with E-state index in [1.807, 2.05) is 37.3 Å². The first kappa shape index (κ1) is 21.1. The van der Waals surface area contributed by atoms with Crippen LogP contribution in [0, 0.1) is 0 Å². The summed E-state index contributed by atoms with van der Waals surface area (Å²) in [5, 5.41) is 7.04. The van der Waals surface area contributed by atoms with Gasteiger partial charge in [0.2, 0.25) is 0 Å². The molecule has 0 bridgehead atoms. The second kappa shape index (κ2) is 10.3. The summed E-state index contributed by atoms with van der Waals surface area (Å²) < 4.78 is 10.9. The number of carbonyl (C=O) groups excluding carboxylic acids is 1. The number of nitrogens with zero attached hydrogens (tertiary/aromatic N) is 2. The number of nitrogens with one attached hydrogen (secondary N) is 1. The predicted octanol–water partition coefficient (Wildman–Crippen LogP) is 4.70. The van der Waals surface area contributed by atoms with E-state index in [0.29, 0.717) is 18.9 Å². The van der Waals surface area contributed by atoms with Crippen LogP contribution in [-0.2, 0) is 0 Å². The first-order valence-corrected chi connectivity index (χ1v) is 11.0. The van der Waals surface area contributed by atoms with Crippen LogP contribution in [0.15, 0.2) is 65.2 Å². The number of likely N-dealkylation sites (tertiary alicyclic amines) is 1. The largest absolute Gasteiger partial charge is 0.494 e. The van der Waals surface area contributed by atoms with E-state index in [2.05, 4.69) is 39.6 Å². The summed E-state index contributed by atoms with van der Waals surface area (Å²) in [5.41, 5.74) is 2.36. The highest BCUT2D eigenvalue weighted by molar-refractivity contribution is 5.93. The van der Waals surface area contributed by atoms with E-state index < -0.39 is 0 Å². The number of benzene rings is 2. The van der Waals surface area contributed by atoms with Crippen LogP contribution in [-0.4, -0.2) is 42.2 Å². The van der Waals surface area contributed by atoms with Gasteiger partial charge in [0.1, 0.15) is 5.75 Å². The van der Waals surface area contributed by atoms with Gasteiger partial charge in [0.15, 0.2) is 11.5 Å². The molecule has 1 aromatic heterocycles. The zero-order valence-electron chi connectivity index (χ0n) is 17.9. The molecule has 1 N–H and O–H groups in total. The second-order valence-electron chi connectivity index (χ2n) is 7.77. The van der Waals surface area contributed by atoms with Gasteiger partial charge in [-0.2, -0.15) is 0 Å². The summed E-state index contributed by atoms with van der Waals surface area (Å²) in [6, 6.07) is 19.8. The summed E-state index contributed by atoms with van der Waals surface area (Å²) in [6.07, 6.45) is 3.68. The quantitative estimate of drug-likeness (QED) is 0.573. The van der Waals surface area contributed by atoms with Gasteiger partial charge >= 0.3 is 0 Å². The molecule has 1 saturated heterocycles. The van der Waals surface area contributed by atoms with E-state index in [9.17, 15) is 4.79 Å². The zero-order valence-corrected chi connectivity index (χ0v) is 17.9. The maximum atomic E-state index is 12.8. The fraction of sp³-hybridized carbons (Fsp3) is 0.360. The molecular weight excluding hydrogens is 390 g/mol. The molecular formula is C25H29N3O3. The minimum absolute atomic E-state index is 0.155. The van der Waals surface area contributed by atoms with Crippen molar-refractivity contribution in [3.05, 3.63) is 71.9 Å². The van der Waals surface area contributed by atoms with E-state index in [0.717, 1.165) is 24.4 Å². The van der Waals surface area contributed by atoms with Crippen LogP contribution >= 0.6 is 0 Å². The summed E-state index contributed by atoms with van der Waals surface area (Å²) >= 11 is 0. The smallest absolute Gasteiger partial charge is 0.273 e. The Morgan fingerprint density at radius 3 is 2.55 bits per heavy atom. The van der Waals surface area contributed by atoms with Crippen molar-refractivity contribution in [2.45, 2.75) is 32.2 Å². The monoisotopic (exact) mass is 419 g/mol. The summed E-state index contributed by atoms with van der Waals surface area (Å²) in [6.45, 7) is 5.22. The topological polar surface area (TPSA) is 67.6 Å². The van der Waals surface area contributed by atoms with Crippen molar-refractivity contribution >= 4 is 5.91 Å². The molecule has 0 aliphatic carbocycles. The van der Waals surface area contributed by atoms with Gasteiger partial charge in [-0.25, -0.2) is 0 Å². The number of hydrogen-bond donors (Lipinski definition) is 1. The molecule has 31 heavy (non-hydrogen) atoms. The van der Waals surface area contributed by atoms with Gasteiger partial charge in [0.25, 0.3) is 5.91 Å². The number of hydrogen-bond acceptors (Lipinski definition) is 5. The Balaban J connectivity index is 1.42. The Morgan fingerprint density at radius 1 is 1.10 bits per heavy atom. The van der Waals surface area contributed by atoms with E-state index in [-0.39, 0.29) is 17.6 Å². The lowest BCUT2D eigenvalue weighted by Crippen LogP contribution is -2.40. The lowest BCUT2D eigenvalue weighted by Gasteiger charge is -2.35. The second-order valence-corrected chi connectivity index (χ2v) is 7.77. The van der Waals surface area contributed by atoms with E-state index in [1.54, 1.807) is 6.07 Å². The Hall–Kier alpha value is -3.12. The summed E-state index contributed by atoms with van der Waals surface area (Å²) in [7, 11) is 0. The molecule has 0 saturated carbocycles. The van der Waals surface area contributed by atoms with E-state index in [1.165, 1.54) is 24.8 Å². The molecule has 162 valence electrons. The van der Waals surface area contributed by atoms with Gasteiger partial charge in [0.05, 0.1) is 12.6 Å². The Kier molecular flexibility index (Phi) is 6.99. The third-order valence-corrected chi connectivity index (χ3v) is 5.66. The maximum Gasteiger partial charge on any atom is 0.273 e. The molecule has 1 amide bonds. The predicted molar refractivity (Wildman–Crippen MR) is 120 cm³/mol. The number of ether oxygens (including phenoxy) is 1. The van der Waals surface area contributed by atoms with Crippen LogP contribution < -0.4 is 10.1 Å². The normalized spacial score (nSPS) is 15.4. The van der Waals surface area contributed by atoms with Crippen molar-refractivity contribution in [1.82, 2.24) is 15.4 Å². The number of piperidine rings is 1. The van der Waals surface area contributed by atoms with Crippen LogP contribution in [0.3, 0.4) is 0 Å². The van der Waals surface area contributed by atoms with Crippen LogP contribution in [0.1, 0.15) is 48.3 Å². The molecule has 1 aliphatic heterocycles. The fourth-order valence-corrected chi connectivity index (χ4v) is 4.04.